The molecule has 0 atom stereocenters. The summed E-state index contributed by atoms with van der Waals surface area (Å²) in [6, 6.07) is 5.62. The van der Waals surface area contributed by atoms with Gasteiger partial charge in [-0.1, -0.05) is 6.92 Å². The van der Waals surface area contributed by atoms with Crippen LogP contribution in [-0.2, 0) is 11.2 Å². The number of aryl methyl sites for hydroxylation is 1. The van der Waals surface area contributed by atoms with Crippen molar-refractivity contribution in [2.75, 3.05) is 5.43 Å². The van der Waals surface area contributed by atoms with Crippen molar-refractivity contribution in [3.05, 3.63) is 50.8 Å². The number of hydrogen-bond acceptors (Lipinski definition) is 4. The largest absolute Gasteiger partial charge is 0.348 e. The summed E-state index contributed by atoms with van der Waals surface area (Å²) < 4.78 is 2.58. The molecule has 0 bridgehead atoms. The second-order valence-electron chi connectivity index (χ2n) is 6.40. The average Bonchev–Trinajstić information content (AvgIpc) is 3.07. The smallest absolute Gasteiger partial charge is 0.305 e. The number of carbonyl (C=O) groups excluding carboxylic acids is 1. The zero-order valence-corrected chi connectivity index (χ0v) is 15.2. The SMILES string of the molecule is CCc1cc2[nH]c(=O)n(NC(C)=O)c(=O)c2cc1-c1ccnn1C(C)C. The summed E-state index contributed by atoms with van der Waals surface area (Å²) in [5.74, 6) is -0.500. The Morgan fingerprint density at radius 1 is 1.31 bits per heavy atom. The van der Waals surface area contributed by atoms with E-state index in [1.807, 2.05) is 37.6 Å². The summed E-state index contributed by atoms with van der Waals surface area (Å²) in [5.41, 5.74) is 4.21. The fourth-order valence-electron chi connectivity index (χ4n) is 3.04. The van der Waals surface area contributed by atoms with Gasteiger partial charge in [0.05, 0.1) is 16.6 Å². The molecule has 8 nitrogen and oxygen atoms in total. The van der Waals surface area contributed by atoms with Crippen molar-refractivity contribution in [1.29, 1.82) is 0 Å². The van der Waals surface area contributed by atoms with E-state index in [1.54, 1.807) is 12.3 Å². The third-order valence-corrected chi connectivity index (χ3v) is 4.21. The number of amides is 1. The van der Waals surface area contributed by atoms with E-state index in [-0.39, 0.29) is 6.04 Å². The molecular formula is C18H21N5O3. The van der Waals surface area contributed by atoms with Gasteiger partial charge in [-0.05, 0) is 44.0 Å². The number of fused-ring (bicyclic) bond motifs is 1. The first-order valence-corrected chi connectivity index (χ1v) is 8.47. The van der Waals surface area contributed by atoms with Crippen molar-refractivity contribution >= 4 is 16.8 Å². The standard InChI is InChI=1S/C18H21N5O3/c1-5-12-8-15-14(17(25)23(18(26)20-15)21-11(4)24)9-13(12)16-6-7-19-22(16)10(2)3/h6-10H,5H2,1-4H3,(H,20,26)(H,21,24). The van der Waals surface area contributed by atoms with Crippen LogP contribution in [0.3, 0.4) is 0 Å². The Balaban J connectivity index is 2.34. The van der Waals surface area contributed by atoms with Gasteiger partial charge in [-0.3, -0.25) is 19.7 Å². The summed E-state index contributed by atoms with van der Waals surface area (Å²) in [7, 11) is 0. The molecule has 3 rings (SSSR count). The molecular weight excluding hydrogens is 334 g/mol. The first-order chi connectivity index (χ1) is 12.3. The Hall–Kier alpha value is -3.16. The van der Waals surface area contributed by atoms with Crippen LogP contribution < -0.4 is 16.7 Å². The third-order valence-electron chi connectivity index (χ3n) is 4.21. The number of hydrogen-bond donors (Lipinski definition) is 2. The molecule has 0 aliphatic carbocycles. The number of H-pyrrole nitrogens is 1. The molecule has 0 saturated carbocycles. The van der Waals surface area contributed by atoms with Crippen LogP contribution >= 0.6 is 0 Å². The predicted octanol–water partition coefficient (Wildman–Crippen LogP) is 1.79. The molecule has 0 aliphatic rings. The Morgan fingerprint density at radius 2 is 2.04 bits per heavy atom. The molecule has 8 heteroatoms. The number of benzene rings is 1. The van der Waals surface area contributed by atoms with Gasteiger partial charge in [-0.25, -0.2) is 4.79 Å². The Bertz CT molecular complexity index is 1100. The molecule has 0 fully saturated rings. The lowest BCUT2D eigenvalue weighted by Gasteiger charge is -2.15. The number of aromatic amines is 1. The molecule has 0 saturated heterocycles. The second kappa shape index (κ2) is 6.62. The first kappa shape index (κ1) is 17.7. The molecule has 136 valence electrons. The number of nitrogens with one attached hydrogen (secondary N) is 2. The van der Waals surface area contributed by atoms with E-state index in [1.165, 1.54) is 6.92 Å². The minimum Gasteiger partial charge on any atom is -0.305 e. The highest BCUT2D eigenvalue weighted by molar-refractivity contribution is 5.86. The summed E-state index contributed by atoms with van der Waals surface area (Å²) >= 11 is 0. The van der Waals surface area contributed by atoms with Gasteiger partial charge in [0.25, 0.3) is 5.56 Å². The zero-order chi connectivity index (χ0) is 19.0. The lowest BCUT2D eigenvalue weighted by atomic mass is 9.99. The summed E-state index contributed by atoms with van der Waals surface area (Å²) in [6.45, 7) is 7.31. The summed E-state index contributed by atoms with van der Waals surface area (Å²) in [5, 5.41) is 4.68. The number of rotatable bonds is 4. The highest BCUT2D eigenvalue weighted by Crippen LogP contribution is 2.28. The van der Waals surface area contributed by atoms with E-state index in [2.05, 4.69) is 15.5 Å². The minimum atomic E-state index is -0.681. The van der Waals surface area contributed by atoms with Crippen molar-refractivity contribution in [3.63, 3.8) is 0 Å². The van der Waals surface area contributed by atoms with Crippen LogP contribution in [0.1, 0.15) is 39.3 Å². The van der Waals surface area contributed by atoms with E-state index in [0.29, 0.717) is 15.6 Å². The molecule has 0 unspecified atom stereocenters. The van der Waals surface area contributed by atoms with Gasteiger partial charge in [0.1, 0.15) is 0 Å². The van der Waals surface area contributed by atoms with Crippen LogP contribution in [0.15, 0.2) is 34.0 Å². The van der Waals surface area contributed by atoms with Gasteiger partial charge in [0, 0.05) is 24.7 Å². The first-order valence-electron chi connectivity index (χ1n) is 8.47. The molecule has 2 heterocycles. The Kier molecular flexibility index (Phi) is 4.50. The van der Waals surface area contributed by atoms with Crippen LogP contribution in [0, 0.1) is 0 Å². The van der Waals surface area contributed by atoms with Crippen LogP contribution in [0.4, 0.5) is 0 Å². The zero-order valence-electron chi connectivity index (χ0n) is 15.2. The molecule has 26 heavy (non-hydrogen) atoms. The third kappa shape index (κ3) is 2.94. The molecule has 0 aliphatic heterocycles. The Labute approximate surface area is 149 Å². The summed E-state index contributed by atoms with van der Waals surface area (Å²) in [4.78, 5) is 38.8. The number of aromatic nitrogens is 4. The van der Waals surface area contributed by atoms with Crippen molar-refractivity contribution in [1.82, 2.24) is 19.4 Å². The quantitative estimate of drug-likeness (QED) is 0.745. The van der Waals surface area contributed by atoms with Crippen LogP contribution in [0.5, 0.6) is 0 Å². The lowest BCUT2D eigenvalue weighted by molar-refractivity contribution is -0.115. The number of nitrogens with zero attached hydrogens (tertiary/aromatic N) is 3. The van der Waals surface area contributed by atoms with Crippen LogP contribution in [0.25, 0.3) is 22.2 Å². The molecule has 0 spiro atoms. The van der Waals surface area contributed by atoms with Crippen molar-refractivity contribution in [3.8, 4) is 11.3 Å². The maximum absolute atomic E-state index is 12.7. The maximum atomic E-state index is 12.7. The molecule has 2 aromatic heterocycles. The Morgan fingerprint density at radius 3 is 2.65 bits per heavy atom. The monoisotopic (exact) mass is 355 g/mol. The fraction of sp³-hybridized carbons (Fsp3) is 0.333. The highest BCUT2D eigenvalue weighted by Gasteiger charge is 2.16. The van der Waals surface area contributed by atoms with Crippen molar-refractivity contribution < 1.29 is 4.79 Å². The van der Waals surface area contributed by atoms with E-state index in [9.17, 15) is 14.4 Å². The molecule has 1 aromatic carbocycles. The maximum Gasteiger partial charge on any atom is 0.348 e. The van der Waals surface area contributed by atoms with E-state index in [4.69, 9.17) is 0 Å². The fourth-order valence-corrected chi connectivity index (χ4v) is 3.04. The van der Waals surface area contributed by atoms with Gasteiger partial charge in [0.15, 0.2) is 0 Å². The van der Waals surface area contributed by atoms with Crippen molar-refractivity contribution in [2.45, 2.75) is 40.2 Å². The van der Waals surface area contributed by atoms with Gasteiger partial charge < -0.3 is 4.98 Å². The van der Waals surface area contributed by atoms with Gasteiger partial charge >= 0.3 is 5.69 Å². The van der Waals surface area contributed by atoms with Crippen molar-refractivity contribution in [2.24, 2.45) is 0 Å². The molecule has 2 N–H and O–H groups in total. The molecule has 0 radical (unpaired) electrons. The topological polar surface area (TPSA) is 102 Å². The van der Waals surface area contributed by atoms with E-state index < -0.39 is 17.2 Å². The average molecular weight is 355 g/mol. The summed E-state index contributed by atoms with van der Waals surface area (Å²) in [6.07, 6.45) is 2.45. The van der Waals surface area contributed by atoms with Gasteiger partial charge in [-0.15, -0.1) is 0 Å². The van der Waals surface area contributed by atoms with E-state index in [0.717, 1.165) is 23.2 Å². The predicted molar refractivity (Wildman–Crippen MR) is 99.9 cm³/mol. The normalized spacial score (nSPS) is 11.3. The number of carbonyl (C=O) groups is 1. The molecule has 3 aromatic rings. The second-order valence-corrected chi connectivity index (χ2v) is 6.40. The van der Waals surface area contributed by atoms with Crippen LogP contribution in [-0.4, -0.2) is 25.3 Å². The van der Waals surface area contributed by atoms with Gasteiger partial charge in [-0.2, -0.15) is 9.77 Å². The van der Waals surface area contributed by atoms with E-state index >= 15 is 0 Å². The highest BCUT2D eigenvalue weighted by atomic mass is 16.2. The van der Waals surface area contributed by atoms with Gasteiger partial charge in [0.2, 0.25) is 5.91 Å². The van der Waals surface area contributed by atoms with Crippen LogP contribution in [0.2, 0.25) is 0 Å². The minimum absolute atomic E-state index is 0.159. The lowest BCUT2D eigenvalue weighted by Crippen LogP contribution is -2.43. The molecule has 1 amide bonds.